The van der Waals surface area contributed by atoms with Crippen LogP contribution in [0, 0.1) is 0 Å². The van der Waals surface area contributed by atoms with Crippen LogP contribution in [0.15, 0.2) is 48.5 Å². The molecule has 2 aromatic carbocycles. The van der Waals surface area contributed by atoms with E-state index in [1.807, 2.05) is 42.5 Å². The van der Waals surface area contributed by atoms with Gasteiger partial charge in [-0.2, -0.15) is 0 Å². The Kier molecular flexibility index (Phi) is 6.12. The lowest BCUT2D eigenvalue weighted by Crippen LogP contribution is -2.24. The van der Waals surface area contributed by atoms with Crippen LogP contribution in [-0.2, 0) is 9.59 Å². The molecule has 5 heteroatoms. The average molecular weight is 366 g/mol. The molecular weight excluding hydrogens is 340 g/mol. The summed E-state index contributed by atoms with van der Waals surface area (Å²) in [6.07, 6.45) is 3.13. The smallest absolute Gasteiger partial charge is 0.231 e. The van der Waals surface area contributed by atoms with Gasteiger partial charge in [0, 0.05) is 24.7 Å². The van der Waals surface area contributed by atoms with E-state index in [0.29, 0.717) is 24.4 Å². The van der Waals surface area contributed by atoms with Crippen LogP contribution in [0.25, 0.3) is 0 Å². The van der Waals surface area contributed by atoms with Crippen molar-refractivity contribution in [3.63, 3.8) is 0 Å². The van der Waals surface area contributed by atoms with E-state index in [0.717, 1.165) is 30.5 Å². The predicted molar refractivity (Wildman–Crippen MR) is 107 cm³/mol. The summed E-state index contributed by atoms with van der Waals surface area (Å²) < 4.78 is 5.48. The van der Waals surface area contributed by atoms with E-state index in [1.165, 1.54) is 0 Å². The fourth-order valence-electron chi connectivity index (χ4n) is 3.53. The number of benzene rings is 2. The summed E-state index contributed by atoms with van der Waals surface area (Å²) in [5.74, 6) is 0.476. The van der Waals surface area contributed by atoms with Crippen molar-refractivity contribution in [3.05, 3.63) is 54.1 Å². The Labute approximate surface area is 160 Å². The number of carbonyl (C=O) groups excluding carboxylic acids is 2. The van der Waals surface area contributed by atoms with Gasteiger partial charge < -0.3 is 15.0 Å². The first kappa shape index (κ1) is 19.0. The van der Waals surface area contributed by atoms with Gasteiger partial charge in [-0.3, -0.25) is 9.59 Å². The van der Waals surface area contributed by atoms with E-state index < -0.39 is 0 Å². The third-order valence-corrected chi connectivity index (χ3v) is 4.91. The Morgan fingerprint density at radius 2 is 2.00 bits per heavy atom. The van der Waals surface area contributed by atoms with Gasteiger partial charge in [0.25, 0.3) is 0 Å². The zero-order valence-corrected chi connectivity index (χ0v) is 15.9. The minimum atomic E-state index is -0.193. The third kappa shape index (κ3) is 4.30. The van der Waals surface area contributed by atoms with Crippen molar-refractivity contribution in [1.29, 1.82) is 0 Å². The van der Waals surface area contributed by atoms with Crippen molar-refractivity contribution in [2.24, 2.45) is 0 Å². The first-order valence-electron chi connectivity index (χ1n) is 9.48. The molecule has 1 aliphatic rings. The second-order valence-electron chi connectivity index (χ2n) is 6.78. The first-order chi connectivity index (χ1) is 13.1. The number of carbonyl (C=O) groups is 2. The first-order valence-corrected chi connectivity index (χ1v) is 9.48. The highest BCUT2D eigenvalue weighted by Crippen LogP contribution is 2.34. The van der Waals surface area contributed by atoms with Gasteiger partial charge in [-0.1, -0.05) is 43.7 Å². The summed E-state index contributed by atoms with van der Waals surface area (Å²) in [4.78, 5) is 26.6. The molecule has 27 heavy (non-hydrogen) atoms. The topological polar surface area (TPSA) is 58.6 Å². The van der Waals surface area contributed by atoms with Crippen molar-refractivity contribution >= 4 is 23.2 Å². The molecule has 142 valence electrons. The highest BCUT2D eigenvalue weighted by atomic mass is 16.5. The lowest BCUT2D eigenvalue weighted by molar-refractivity contribution is -0.118. The molecule has 0 saturated carbocycles. The molecule has 3 rings (SSSR count). The van der Waals surface area contributed by atoms with Crippen LogP contribution in [0.5, 0.6) is 5.75 Å². The molecule has 1 aliphatic heterocycles. The van der Waals surface area contributed by atoms with Crippen LogP contribution < -0.4 is 15.0 Å². The second kappa shape index (κ2) is 8.71. The van der Waals surface area contributed by atoms with Gasteiger partial charge in [-0.05, 0) is 30.5 Å². The van der Waals surface area contributed by atoms with Crippen molar-refractivity contribution in [2.45, 2.75) is 38.5 Å². The highest BCUT2D eigenvalue weighted by Gasteiger charge is 2.25. The summed E-state index contributed by atoms with van der Waals surface area (Å²) in [6.45, 7) is 2.78. The summed E-state index contributed by atoms with van der Waals surface area (Å²) in [7, 11) is 1.58. The van der Waals surface area contributed by atoms with E-state index in [1.54, 1.807) is 18.1 Å². The summed E-state index contributed by atoms with van der Waals surface area (Å²) in [5, 5.41) is 3.01. The monoisotopic (exact) mass is 366 g/mol. The maximum absolute atomic E-state index is 12.9. The molecule has 2 amide bonds. The molecule has 1 unspecified atom stereocenters. The molecule has 0 bridgehead atoms. The van der Waals surface area contributed by atoms with E-state index in [-0.39, 0.29) is 17.7 Å². The van der Waals surface area contributed by atoms with Crippen LogP contribution in [0.2, 0.25) is 0 Å². The number of methoxy groups -OCH3 is 1. The van der Waals surface area contributed by atoms with E-state index >= 15 is 0 Å². The molecule has 1 heterocycles. The minimum absolute atomic E-state index is 0.0323. The van der Waals surface area contributed by atoms with Gasteiger partial charge in [-0.15, -0.1) is 0 Å². The molecule has 0 spiro atoms. The van der Waals surface area contributed by atoms with Gasteiger partial charge in [-0.25, -0.2) is 0 Å². The average Bonchev–Trinajstić information content (AvgIpc) is 3.12. The number of ether oxygens (including phenoxy) is 1. The summed E-state index contributed by atoms with van der Waals surface area (Å²) in [5.41, 5.74) is 2.44. The Balaban J connectivity index is 1.80. The number of nitrogens with zero attached hydrogens (tertiary/aromatic N) is 1. The molecule has 1 fully saturated rings. The van der Waals surface area contributed by atoms with Crippen LogP contribution in [0.3, 0.4) is 0 Å². The van der Waals surface area contributed by atoms with Crippen LogP contribution in [-0.4, -0.2) is 25.5 Å². The summed E-state index contributed by atoms with van der Waals surface area (Å²) in [6, 6.07) is 15.3. The van der Waals surface area contributed by atoms with Gasteiger partial charge in [0.2, 0.25) is 11.8 Å². The van der Waals surface area contributed by atoms with Crippen LogP contribution >= 0.6 is 0 Å². The normalized spacial score (nSPS) is 14.9. The zero-order chi connectivity index (χ0) is 19.2. The SMILES string of the molecule is CCCC(C(=O)Nc1ccc(N2CCCC2=O)c(OC)c1)c1ccccc1. The number of anilines is 2. The van der Waals surface area contributed by atoms with E-state index in [2.05, 4.69) is 12.2 Å². The Bertz CT molecular complexity index is 804. The Hall–Kier alpha value is -2.82. The van der Waals surface area contributed by atoms with Crippen molar-refractivity contribution < 1.29 is 14.3 Å². The van der Waals surface area contributed by atoms with Crippen LogP contribution in [0.1, 0.15) is 44.1 Å². The fourth-order valence-corrected chi connectivity index (χ4v) is 3.53. The van der Waals surface area contributed by atoms with Crippen molar-refractivity contribution in [3.8, 4) is 5.75 Å². The minimum Gasteiger partial charge on any atom is -0.494 e. The van der Waals surface area contributed by atoms with Gasteiger partial charge in [0.1, 0.15) is 5.75 Å². The van der Waals surface area contributed by atoms with Gasteiger partial charge in [0.15, 0.2) is 0 Å². The number of hydrogen-bond donors (Lipinski definition) is 1. The number of amides is 2. The number of rotatable bonds is 7. The zero-order valence-electron chi connectivity index (χ0n) is 15.9. The second-order valence-corrected chi connectivity index (χ2v) is 6.78. The maximum atomic E-state index is 12.9. The van der Waals surface area contributed by atoms with Crippen molar-refractivity contribution in [2.75, 3.05) is 23.9 Å². The standard InChI is InChI=1S/C22H26N2O3/c1-3-8-18(16-9-5-4-6-10-16)22(26)23-17-12-13-19(20(15-17)27-2)24-14-7-11-21(24)25/h4-6,9-10,12-13,15,18H,3,7-8,11,14H2,1-2H3,(H,23,26). The Morgan fingerprint density at radius 3 is 2.63 bits per heavy atom. The molecule has 1 N–H and O–H groups in total. The highest BCUT2D eigenvalue weighted by molar-refractivity contribution is 5.99. The lowest BCUT2D eigenvalue weighted by atomic mass is 9.93. The number of hydrogen-bond acceptors (Lipinski definition) is 3. The third-order valence-electron chi connectivity index (χ3n) is 4.91. The lowest BCUT2D eigenvalue weighted by Gasteiger charge is -2.21. The maximum Gasteiger partial charge on any atom is 0.231 e. The molecule has 2 aromatic rings. The molecular formula is C22H26N2O3. The number of nitrogens with one attached hydrogen (secondary N) is 1. The van der Waals surface area contributed by atoms with Gasteiger partial charge >= 0.3 is 0 Å². The fraction of sp³-hybridized carbons (Fsp3) is 0.364. The van der Waals surface area contributed by atoms with E-state index in [9.17, 15) is 9.59 Å². The molecule has 0 aliphatic carbocycles. The van der Waals surface area contributed by atoms with E-state index in [4.69, 9.17) is 4.74 Å². The van der Waals surface area contributed by atoms with Gasteiger partial charge in [0.05, 0.1) is 18.7 Å². The molecule has 5 nitrogen and oxygen atoms in total. The largest absolute Gasteiger partial charge is 0.494 e. The van der Waals surface area contributed by atoms with Crippen LogP contribution in [0.4, 0.5) is 11.4 Å². The quantitative estimate of drug-likeness (QED) is 0.793. The Morgan fingerprint density at radius 1 is 1.22 bits per heavy atom. The molecule has 1 atom stereocenters. The molecule has 0 aromatic heterocycles. The predicted octanol–water partition coefficient (Wildman–Crippen LogP) is 4.34. The molecule has 0 radical (unpaired) electrons. The van der Waals surface area contributed by atoms with Crippen molar-refractivity contribution in [1.82, 2.24) is 0 Å². The molecule has 1 saturated heterocycles. The summed E-state index contributed by atoms with van der Waals surface area (Å²) >= 11 is 0.